The van der Waals surface area contributed by atoms with Crippen LogP contribution in [0.5, 0.6) is 0 Å². The monoisotopic (exact) mass is 738 g/mol. The number of para-hydroxylation sites is 1. The van der Waals surface area contributed by atoms with Gasteiger partial charge in [-0.1, -0.05) is 45.0 Å². The van der Waals surface area contributed by atoms with Gasteiger partial charge in [0.25, 0.3) is 0 Å². The Hall–Kier alpha value is -3.70. The van der Waals surface area contributed by atoms with Crippen LogP contribution in [0.1, 0.15) is 38.9 Å². The number of hydrogen-bond acceptors (Lipinski definition) is 5. The molecule has 0 amide bonds. The molecule has 0 bridgehead atoms. The number of hydrogen-bond donors (Lipinski definition) is 0. The van der Waals surface area contributed by atoms with Gasteiger partial charge in [-0.15, -0.1) is 47.2 Å². The molecule has 6 heteroatoms. The first-order valence-corrected chi connectivity index (χ1v) is 13.8. The summed E-state index contributed by atoms with van der Waals surface area (Å²) in [7, 11) is 0. The molecule has 0 saturated carbocycles. The number of aryl methyl sites for hydroxylation is 1. The second-order valence-corrected chi connectivity index (χ2v) is 11.3. The van der Waals surface area contributed by atoms with Gasteiger partial charge >= 0.3 is 0 Å². The van der Waals surface area contributed by atoms with Gasteiger partial charge in [0.1, 0.15) is 10.4 Å². The Labute approximate surface area is 264 Å². The van der Waals surface area contributed by atoms with E-state index in [0.717, 1.165) is 37.8 Å². The molecule has 0 aliphatic carbocycles. The molecular formula is C35H30IrN3OS-. The molecule has 1 radical (unpaired) electrons. The first-order valence-electron chi connectivity index (χ1n) is 15.4. The Morgan fingerprint density at radius 2 is 1.73 bits per heavy atom. The molecule has 0 aliphatic rings. The van der Waals surface area contributed by atoms with Crippen LogP contribution in [0.25, 0.3) is 54.8 Å². The smallest absolute Gasteiger partial charge is 0.227 e. The first-order chi connectivity index (χ1) is 21.3. The van der Waals surface area contributed by atoms with Crippen molar-refractivity contribution < 1.29 is 31.4 Å². The molecule has 4 nitrogen and oxygen atoms in total. The number of aromatic nitrogens is 3. The third kappa shape index (κ3) is 6.30. The van der Waals surface area contributed by atoms with Gasteiger partial charge < -0.3 is 9.40 Å². The minimum atomic E-state index is -2.31. The zero-order valence-corrected chi connectivity index (χ0v) is 25.9. The Kier molecular flexibility index (Phi) is 6.73. The van der Waals surface area contributed by atoms with Crippen LogP contribution in [0.2, 0.25) is 0 Å². The van der Waals surface area contributed by atoms with E-state index in [0.29, 0.717) is 16.8 Å². The predicted octanol–water partition coefficient (Wildman–Crippen LogP) is 9.70. The molecule has 0 saturated heterocycles. The van der Waals surface area contributed by atoms with E-state index in [-0.39, 0.29) is 31.5 Å². The fourth-order valence-corrected chi connectivity index (χ4v) is 5.39. The summed E-state index contributed by atoms with van der Waals surface area (Å²) in [6.45, 7) is 3.38. The van der Waals surface area contributed by atoms with E-state index in [1.54, 1.807) is 12.3 Å². The van der Waals surface area contributed by atoms with Gasteiger partial charge in [0.15, 0.2) is 0 Å². The van der Waals surface area contributed by atoms with E-state index in [1.165, 1.54) is 17.4 Å². The molecule has 0 atom stereocenters. The van der Waals surface area contributed by atoms with Crippen molar-refractivity contribution in [1.29, 1.82) is 0 Å². The summed E-state index contributed by atoms with van der Waals surface area (Å²) in [6, 6.07) is 29.6. The molecule has 207 valence electrons. The quantitative estimate of drug-likeness (QED) is 0.170. The predicted molar refractivity (Wildman–Crippen MR) is 167 cm³/mol. The molecule has 41 heavy (non-hydrogen) atoms. The second kappa shape index (κ2) is 12.0. The summed E-state index contributed by atoms with van der Waals surface area (Å²) in [6.07, 6.45) is 0.287. The number of thiophene rings is 1. The molecule has 7 aromatic rings. The molecule has 0 aliphatic heterocycles. The van der Waals surface area contributed by atoms with E-state index in [9.17, 15) is 0 Å². The van der Waals surface area contributed by atoms with Crippen molar-refractivity contribution in [2.24, 2.45) is 5.41 Å². The van der Waals surface area contributed by atoms with Crippen LogP contribution in [-0.4, -0.2) is 15.0 Å². The van der Waals surface area contributed by atoms with Crippen molar-refractivity contribution in [3.63, 3.8) is 0 Å². The van der Waals surface area contributed by atoms with E-state index < -0.39 is 18.6 Å². The largest absolute Gasteiger partial charge is 0.437 e. The standard InChI is InChI=1S/C24H22N2OS.C11H8N.Ir/c1-14-8-9-18-17-6-5-7-19(21(17)27-22(18)25-14)20-11-10-16-15(12-24(2,3)4)13-28-23(16)26-20;1-2-6-10(7-3-1)11-8-4-5-9-12-11;/h5-11,13H,12H2,1-4H3;1-6,8-9H;/q;-1;/i1D3,12D2;;. The summed E-state index contributed by atoms with van der Waals surface area (Å²) in [5, 5.41) is 4.25. The van der Waals surface area contributed by atoms with Crippen LogP contribution in [0.4, 0.5) is 0 Å². The van der Waals surface area contributed by atoms with Crippen molar-refractivity contribution in [2.75, 3.05) is 0 Å². The molecular weight excluding hydrogens is 703 g/mol. The third-order valence-electron chi connectivity index (χ3n) is 6.24. The van der Waals surface area contributed by atoms with Gasteiger partial charge in [-0.2, -0.15) is 0 Å². The van der Waals surface area contributed by atoms with Crippen molar-refractivity contribution in [2.45, 2.75) is 34.0 Å². The molecule has 5 heterocycles. The van der Waals surface area contributed by atoms with Crippen molar-refractivity contribution >= 4 is 43.6 Å². The van der Waals surface area contributed by atoms with Gasteiger partial charge in [-0.3, -0.25) is 0 Å². The summed E-state index contributed by atoms with van der Waals surface area (Å²) >= 11 is 1.42. The van der Waals surface area contributed by atoms with E-state index in [4.69, 9.17) is 16.3 Å². The topological polar surface area (TPSA) is 51.8 Å². The summed E-state index contributed by atoms with van der Waals surface area (Å²) < 4.78 is 46.2. The molecule has 7 rings (SSSR count). The minimum absolute atomic E-state index is 0. The van der Waals surface area contributed by atoms with Crippen LogP contribution in [0, 0.1) is 18.3 Å². The van der Waals surface area contributed by atoms with Crippen LogP contribution in [-0.2, 0) is 26.5 Å². The number of pyridine rings is 3. The maximum atomic E-state index is 8.65. The Balaban J connectivity index is 0.000000269. The van der Waals surface area contributed by atoms with E-state index >= 15 is 0 Å². The number of furan rings is 1. The average molecular weight is 738 g/mol. The van der Waals surface area contributed by atoms with Crippen molar-refractivity contribution in [3.05, 3.63) is 114 Å². The molecule has 5 aromatic heterocycles. The van der Waals surface area contributed by atoms with Crippen molar-refractivity contribution in [1.82, 2.24) is 15.0 Å². The van der Waals surface area contributed by atoms with Crippen molar-refractivity contribution in [3.8, 4) is 22.5 Å². The first kappa shape index (κ1) is 22.9. The average Bonchev–Trinajstić information content (AvgIpc) is 3.62. The van der Waals surface area contributed by atoms with E-state index in [2.05, 4.69) is 16.0 Å². The van der Waals surface area contributed by atoms with Gasteiger partial charge in [0, 0.05) is 60.6 Å². The summed E-state index contributed by atoms with van der Waals surface area (Å²) in [4.78, 5) is 14.0. The van der Waals surface area contributed by atoms with Crippen LogP contribution in [0.15, 0.2) is 101 Å². The molecule has 0 unspecified atom stereocenters. The maximum absolute atomic E-state index is 8.65. The number of nitrogens with zero attached hydrogens (tertiary/aromatic N) is 3. The zero-order valence-electron chi connectivity index (χ0n) is 27.7. The Morgan fingerprint density at radius 3 is 2.49 bits per heavy atom. The number of fused-ring (bicyclic) bond motifs is 4. The molecule has 0 N–H and O–H groups in total. The molecule has 0 spiro atoms. The van der Waals surface area contributed by atoms with Gasteiger partial charge in [-0.25, -0.2) is 9.97 Å². The number of benzene rings is 2. The summed E-state index contributed by atoms with van der Waals surface area (Å²) in [5.74, 6) is 0. The maximum Gasteiger partial charge on any atom is 0.227 e. The zero-order chi connectivity index (χ0) is 32.0. The SMILES string of the molecule is [2H]C([2H])([2H])c1ccc2c(n1)oc1c(-c3ccc4c(C([2H])([2H])C(C)(C)C)csc4n3)cccc12.[Ir].[c-]1ccccc1-c1ccccn1. The van der Waals surface area contributed by atoms with Gasteiger partial charge in [-0.05, 0) is 71.7 Å². The Bertz CT molecular complexity index is 2080. The summed E-state index contributed by atoms with van der Waals surface area (Å²) in [5.41, 5.74) is 4.45. The fourth-order valence-electron chi connectivity index (χ4n) is 4.52. The van der Waals surface area contributed by atoms with Crippen LogP contribution >= 0.6 is 11.3 Å². The minimum Gasteiger partial charge on any atom is -0.437 e. The Morgan fingerprint density at radius 1 is 0.878 bits per heavy atom. The number of rotatable bonds is 3. The third-order valence-corrected chi connectivity index (χ3v) is 7.13. The van der Waals surface area contributed by atoms with Gasteiger partial charge in [0.05, 0.1) is 5.69 Å². The fraction of sp³-hybridized carbons (Fsp3) is 0.171. The second-order valence-electron chi connectivity index (χ2n) is 10.4. The van der Waals surface area contributed by atoms with Gasteiger partial charge in [0.2, 0.25) is 5.71 Å². The van der Waals surface area contributed by atoms with Crippen LogP contribution in [0.3, 0.4) is 0 Å². The van der Waals surface area contributed by atoms with Crippen LogP contribution < -0.4 is 0 Å². The normalized spacial score (nSPS) is 13.8. The molecule has 2 aromatic carbocycles. The molecule has 0 fully saturated rings. The van der Waals surface area contributed by atoms with E-state index in [1.807, 2.05) is 98.9 Å².